The van der Waals surface area contributed by atoms with E-state index in [0.717, 1.165) is 16.9 Å². The highest BCUT2D eigenvalue weighted by Crippen LogP contribution is 2.32. The molecule has 28 heavy (non-hydrogen) atoms. The normalized spacial score (nSPS) is 11.1. The van der Waals surface area contributed by atoms with Gasteiger partial charge in [-0.15, -0.1) is 11.3 Å². The van der Waals surface area contributed by atoms with Crippen LogP contribution in [0.1, 0.15) is 12.5 Å². The van der Waals surface area contributed by atoms with Crippen LogP contribution in [0.15, 0.2) is 59.0 Å². The molecule has 0 aliphatic heterocycles. The maximum atomic E-state index is 13.2. The quantitative estimate of drug-likeness (QED) is 0.397. The molecule has 0 saturated heterocycles. The molecule has 4 aromatic rings. The van der Waals surface area contributed by atoms with Crippen molar-refractivity contribution in [2.75, 3.05) is 6.61 Å². The van der Waals surface area contributed by atoms with E-state index in [1.165, 1.54) is 11.3 Å². The van der Waals surface area contributed by atoms with Crippen LogP contribution in [-0.2, 0) is 6.54 Å². The van der Waals surface area contributed by atoms with Gasteiger partial charge in [0.15, 0.2) is 0 Å². The van der Waals surface area contributed by atoms with E-state index in [4.69, 9.17) is 27.9 Å². The van der Waals surface area contributed by atoms with E-state index >= 15 is 0 Å². The Kier molecular flexibility index (Phi) is 5.40. The molecule has 0 amide bonds. The van der Waals surface area contributed by atoms with Gasteiger partial charge in [0.25, 0.3) is 5.56 Å². The number of nitrogens with zero attached hydrogens (tertiary/aromatic N) is 2. The van der Waals surface area contributed by atoms with E-state index in [0.29, 0.717) is 32.4 Å². The molecule has 0 N–H and O–H groups in total. The molecule has 4 rings (SSSR count). The maximum Gasteiger partial charge on any atom is 0.263 e. The van der Waals surface area contributed by atoms with E-state index in [9.17, 15) is 4.79 Å². The van der Waals surface area contributed by atoms with E-state index in [1.807, 2.05) is 36.6 Å². The molecule has 2 aromatic carbocycles. The van der Waals surface area contributed by atoms with E-state index < -0.39 is 0 Å². The van der Waals surface area contributed by atoms with Crippen molar-refractivity contribution >= 4 is 44.8 Å². The third-order valence-corrected chi connectivity index (χ3v) is 6.02. The fourth-order valence-corrected chi connectivity index (χ4v) is 4.47. The van der Waals surface area contributed by atoms with Crippen LogP contribution in [0, 0.1) is 0 Å². The topological polar surface area (TPSA) is 44.1 Å². The van der Waals surface area contributed by atoms with Gasteiger partial charge < -0.3 is 4.74 Å². The zero-order valence-corrected chi connectivity index (χ0v) is 17.3. The Balaban J connectivity index is 1.79. The lowest BCUT2D eigenvalue weighted by atomic mass is 10.1. The first-order chi connectivity index (χ1) is 13.6. The van der Waals surface area contributed by atoms with Gasteiger partial charge in [0.05, 0.1) is 24.9 Å². The first kappa shape index (κ1) is 19.0. The average molecular weight is 431 g/mol. The van der Waals surface area contributed by atoms with Gasteiger partial charge in [-0.25, -0.2) is 4.98 Å². The standard InChI is InChI=1S/C21H16Cl2N2O2S/c1-2-27-14-8-6-13(7-9-14)16-11-28-20-19(16)21(26)25(12-24-20)10-15-17(22)4-3-5-18(15)23/h3-9,11-12H,2,10H2,1H3. The molecule has 0 aliphatic carbocycles. The maximum absolute atomic E-state index is 13.2. The molecule has 0 fully saturated rings. The highest BCUT2D eigenvalue weighted by atomic mass is 35.5. The molecule has 2 heterocycles. The van der Waals surface area contributed by atoms with Crippen LogP contribution < -0.4 is 10.3 Å². The highest BCUT2D eigenvalue weighted by Gasteiger charge is 2.15. The molecule has 0 radical (unpaired) electrons. The minimum Gasteiger partial charge on any atom is -0.494 e. The number of fused-ring (bicyclic) bond motifs is 1. The number of benzene rings is 2. The number of hydrogen-bond donors (Lipinski definition) is 0. The number of ether oxygens (including phenoxy) is 1. The molecule has 2 aromatic heterocycles. The Labute approximate surface area is 175 Å². The smallest absolute Gasteiger partial charge is 0.263 e. The van der Waals surface area contributed by atoms with Crippen molar-refractivity contribution in [3.05, 3.63) is 80.1 Å². The summed E-state index contributed by atoms with van der Waals surface area (Å²) in [7, 11) is 0. The summed E-state index contributed by atoms with van der Waals surface area (Å²) in [6, 6.07) is 13.0. The number of thiophene rings is 1. The summed E-state index contributed by atoms with van der Waals surface area (Å²) in [4.78, 5) is 18.4. The molecule has 142 valence electrons. The third kappa shape index (κ3) is 3.53. The van der Waals surface area contributed by atoms with Gasteiger partial charge in [0, 0.05) is 26.6 Å². The zero-order valence-electron chi connectivity index (χ0n) is 15.0. The fourth-order valence-electron chi connectivity index (χ4n) is 3.04. The van der Waals surface area contributed by atoms with Gasteiger partial charge in [-0.3, -0.25) is 9.36 Å². The van der Waals surface area contributed by atoms with Gasteiger partial charge in [-0.1, -0.05) is 41.4 Å². The van der Waals surface area contributed by atoms with E-state index in [-0.39, 0.29) is 12.1 Å². The van der Waals surface area contributed by atoms with Crippen molar-refractivity contribution in [2.24, 2.45) is 0 Å². The first-order valence-electron chi connectivity index (χ1n) is 8.71. The van der Waals surface area contributed by atoms with Crippen molar-refractivity contribution in [1.82, 2.24) is 9.55 Å². The van der Waals surface area contributed by atoms with Crippen LogP contribution in [0.25, 0.3) is 21.3 Å². The van der Waals surface area contributed by atoms with Crippen molar-refractivity contribution in [3.63, 3.8) is 0 Å². The number of rotatable bonds is 5. The summed E-state index contributed by atoms with van der Waals surface area (Å²) in [5, 5.41) is 3.61. The Morgan fingerprint density at radius 2 is 1.82 bits per heavy atom. The Morgan fingerprint density at radius 1 is 1.11 bits per heavy atom. The summed E-state index contributed by atoms with van der Waals surface area (Å²) in [6.07, 6.45) is 1.54. The molecule has 0 bridgehead atoms. The lowest BCUT2D eigenvalue weighted by molar-refractivity contribution is 0.340. The van der Waals surface area contributed by atoms with Gasteiger partial charge in [-0.05, 0) is 36.8 Å². The van der Waals surface area contributed by atoms with Crippen LogP contribution >= 0.6 is 34.5 Å². The predicted molar refractivity (Wildman–Crippen MR) is 116 cm³/mol. The molecule has 7 heteroatoms. The van der Waals surface area contributed by atoms with Crippen LogP contribution in [0.5, 0.6) is 5.75 Å². The molecule has 0 unspecified atom stereocenters. The minimum absolute atomic E-state index is 0.119. The minimum atomic E-state index is -0.119. The second kappa shape index (κ2) is 7.95. The summed E-state index contributed by atoms with van der Waals surface area (Å²) >= 11 is 14.0. The summed E-state index contributed by atoms with van der Waals surface area (Å²) in [5.41, 5.74) is 2.39. The van der Waals surface area contributed by atoms with Crippen molar-refractivity contribution in [1.29, 1.82) is 0 Å². The predicted octanol–water partition coefficient (Wildman–Crippen LogP) is 5.88. The molecule has 0 spiro atoms. The molecular formula is C21H16Cl2N2O2S. The number of halogens is 2. The van der Waals surface area contributed by atoms with Crippen LogP contribution in [0.2, 0.25) is 10.0 Å². The number of aromatic nitrogens is 2. The molecule has 0 aliphatic rings. The first-order valence-corrected chi connectivity index (χ1v) is 10.3. The summed E-state index contributed by atoms with van der Waals surface area (Å²) in [6.45, 7) is 2.82. The molecular weight excluding hydrogens is 415 g/mol. The van der Waals surface area contributed by atoms with Gasteiger partial charge in [0.2, 0.25) is 0 Å². The van der Waals surface area contributed by atoms with Crippen molar-refractivity contribution in [2.45, 2.75) is 13.5 Å². The zero-order chi connectivity index (χ0) is 19.7. The second-order valence-corrected chi connectivity index (χ2v) is 7.84. The Morgan fingerprint density at radius 3 is 2.50 bits per heavy atom. The lowest BCUT2D eigenvalue weighted by Gasteiger charge is -2.10. The third-order valence-electron chi connectivity index (χ3n) is 4.43. The van der Waals surface area contributed by atoms with E-state index in [2.05, 4.69) is 4.98 Å². The van der Waals surface area contributed by atoms with Crippen molar-refractivity contribution in [3.8, 4) is 16.9 Å². The fraction of sp³-hybridized carbons (Fsp3) is 0.143. The second-order valence-electron chi connectivity index (χ2n) is 6.16. The lowest BCUT2D eigenvalue weighted by Crippen LogP contribution is -2.21. The Hall–Kier alpha value is -2.34. The summed E-state index contributed by atoms with van der Waals surface area (Å²) in [5.74, 6) is 0.801. The average Bonchev–Trinajstić information content (AvgIpc) is 3.12. The largest absolute Gasteiger partial charge is 0.494 e. The van der Waals surface area contributed by atoms with Gasteiger partial charge >= 0.3 is 0 Å². The van der Waals surface area contributed by atoms with Crippen molar-refractivity contribution < 1.29 is 4.74 Å². The van der Waals surface area contributed by atoms with E-state index in [1.54, 1.807) is 29.1 Å². The van der Waals surface area contributed by atoms with Crippen LogP contribution in [-0.4, -0.2) is 16.2 Å². The molecule has 4 nitrogen and oxygen atoms in total. The molecule has 0 saturated carbocycles. The monoisotopic (exact) mass is 430 g/mol. The SMILES string of the molecule is CCOc1ccc(-c2csc3ncn(Cc4c(Cl)cccc4Cl)c(=O)c23)cc1. The van der Waals surface area contributed by atoms with Crippen LogP contribution in [0.4, 0.5) is 0 Å². The van der Waals surface area contributed by atoms with Crippen LogP contribution in [0.3, 0.4) is 0 Å². The summed E-state index contributed by atoms with van der Waals surface area (Å²) < 4.78 is 7.04. The van der Waals surface area contributed by atoms with Gasteiger partial charge in [-0.2, -0.15) is 0 Å². The Bertz CT molecular complexity index is 1180. The number of hydrogen-bond acceptors (Lipinski definition) is 4. The molecule has 0 atom stereocenters. The highest BCUT2D eigenvalue weighted by molar-refractivity contribution is 7.17. The van der Waals surface area contributed by atoms with Gasteiger partial charge in [0.1, 0.15) is 10.6 Å².